The van der Waals surface area contributed by atoms with Crippen molar-refractivity contribution in [2.45, 2.75) is 11.8 Å². The van der Waals surface area contributed by atoms with Crippen molar-refractivity contribution in [1.29, 1.82) is 0 Å². The van der Waals surface area contributed by atoms with Gasteiger partial charge in [0.15, 0.2) is 5.75 Å². The Morgan fingerprint density at radius 1 is 1.62 bits per heavy atom. The molecule has 0 amide bonds. The number of hydrogen-bond donors (Lipinski definition) is 1. The molecule has 0 spiro atoms. The molecular formula is C7H5BrF2INO. The summed E-state index contributed by atoms with van der Waals surface area (Å²) in [6.45, 7) is 0. The molecule has 1 aromatic rings. The molecule has 1 aromatic heterocycles. The van der Waals surface area contributed by atoms with Crippen molar-refractivity contribution < 1.29 is 13.9 Å². The van der Waals surface area contributed by atoms with Crippen LogP contribution in [0, 0.1) is 3.70 Å². The third-order valence-electron chi connectivity index (χ3n) is 1.49. The highest BCUT2D eigenvalue weighted by atomic mass is 127. The number of halogens is 4. The standard InChI is InChI=1S/C7H5BrF2INO/c8-1-3-2-12-7(11)5(13)4(3)6(9)10/h2,6,13H,1H2. The van der Waals surface area contributed by atoms with Gasteiger partial charge in [0, 0.05) is 11.5 Å². The molecular weight excluding hydrogens is 359 g/mol. The molecule has 1 rings (SSSR count). The summed E-state index contributed by atoms with van der Waals surface area (Å²) in [5.74, 6) is -0.424. The number of rotatable bonds is 2. The average Bonchev–Trinajstić information content (AvgIpc) is 2.08. The average molecular weight is 364 g/mol. The van der Waals surface area contributed by atoms with Crippen LogP contribution in [0.4, 0.5) is 8.78 Å². The van der Waals surface area contributed by atoms with Crippen LogP contribution in [-0.4, -0.2) is 10.1 Å². The van der Waals surface area contributed by atoms with E-state index in [9.17, 15) is 13.9 Å². The maximum absolute atomic E-state index is 12.4. The van der Waals surface area contributed by atoms with Gasteiger partial charge in [-0.3, -0.25) is 0 Å². The van der Waals surface area contributed by atoms with Gasteiger partial charge in [-0.2, -0.15) is 0 Å². The molecule has 0 aliphatic heterocycles. The molecule has 0 aliphatic carbocycles. The quantitative estimate of drug-likeness (QED) is 0.497. The van der Waals surface area contributed by atoms with E-state index in [-0.39, 0.29) is 14.6 Å². The lowest BCUT2D eigenvalue weighted by molar-refractivity contribution is 0.146. The Morgan fingerprint density at radius 3 is 2.69 bits per heavy atom. The molecule has 1 heterocycles. The van der Waals surface area contributed by atoms with Crippen LogP contribution >= 0.6 is 38.5 Å². The van der Waals surface area contributed by atoms with Gasteiger partial charge in [0.05, 0.1) is 5.56 Å². The van der Waals surface area contributed by atoms with Crippen molar-refractivity contribution in [3.05, 3.63) is 21.0 Å². The van der Waals surface area contributed by atoms with E-state index >= 15 is 0 Å². The van der Waals surface area contributed by atoms with E-state index < -0.39 is 12.2 Å². The van der Waals surface area contributed by atoms with Crippen LogP contribution in [0.5, 0.6) is 5.75 Å². The zero-order valence-electron chi connectivity index (χ0n) is 6.27. The Bertz CT molecular complexity index is 322. The summed E-state index contributed by atoms with van der Waals surface area (Å²) in [6.07, 6.45) is -1.35. The Kier molecular flexibility index (Phi) is 3.84. The Balaban J connectivity index is 3.32. The van der Waals surface area contributed by atoms with E-state index in [0.717, 1.165) is 0 Å². The molecule has 1 N–H and O–H groups in total. The first-order valence-electron chi connectivity index (χ1n) is 3.28. The fourth-order valence-electron chi connectivity index (χ4n) is 0.878. The van der Waals surface area contributed by atoms with E-state index in [4.69, 9.17) is 0 Å². The molecule has 0 aromatic carbocycles. The minimum Gasteiger partial charge on any atom is -0.505 e. The predicted molar refractivity (Wildman–Crippen MR) is 56.2 cm³/mol. The summed E-state index contributed by atoms with van der Waals surface area (Å²) in [5, 5.41) is 9.56. The molecule has 72 valence electrons. The van der Waals surface area contributed by atoms with Crippen LogP contribution in [0.15, 0.2) is 6.20 Å². The lowest BCUT2D eigenvalue weighted by atomic mass is 10.1. The number of aromatic hydroxyl groups is 1. The minimum absolute atomic E-state index is 0.192. The Labute approximate surface area is 95.6 Å². The van der Waals surface area contributed by atoms with Crippen molar-refractivity contribution in [3.8, 4) is 5.75 Å². The topological polar surface area (TPSA) is 33.1 Å². The maximum Gasteiger partial charge on any atom is 0.267 e. The van der Waals surface area contributed by atoms with Gasteiger partial charge in [0.1, 0.15) is 3.70 Å². The first kappa shape index (κ1) is 11.1. The molecule has 0 bridgehead atoms. The van der Waals surface area contributed by atoms with E-state index in [0.29, 0.717) is 5.56 Å². The zero-order chi connectivity index (χ0) is 10.0. The van der Waals surface area contributed by atoms with Gasteiger partial charge >= 0.3 is 0 Å². The molecule has 6 heteroatoms. The summed E-state index contributed by atoms with van der Waals surface area (Å²) < 4.78 is 25.1. The van der Waals surface area contributed by atoms with Gasteiger partial charge < -0.3 is 5.11 Å². The summed E-state index contributed by atoms with van der Waals surface area (Å²) in [6, 6.07) is 0. The number of aromatic nitrogens is 1. The fraction of sp³-hybridized carbons (Fsp3) is 0.286. The fourth-order valence-corrected chi connectivity index (χ4v) is 1.76. The molecule has 0 fully saturated rings. The molecule has 0 saturated carbocycles. The van der Waals surface area contributed by atoms with Gasteiger partial charge in [-0.25, -0.2) is 13.8 Å². The van der Waals surface area contributed by atoms with E-state index in [2.05, 4.69) is 20.9 Å². The van der Waals surface area contributed by atoms with Crippen LogP contribution in [-0.2, 0) is 5.33 Å². The van der Waals surface area contributed by atoms with E-state index in [1.807, 2.05) is 0 Å². The second kappa shape index (κ2) is 4.50. The van der Waals surface area contributed by atoms with Crippen LogP contribution in [0.2, 0.25) is 0 Å². The molecule has 13 heavy (non-hydrogen) atoms. The minimum atomic E-state index is -2.68. The van der Waals surface area contributed by atoms with Crippen LogP contribution < -0.4 is 0 Å². The highest BCUT2D eigenvalue weighted by molar-refractivity contribution is 14.1. The largest absolute Gasteiger partial charge is 0.505 e. The van der Waals surface area contributed by atoms with Gasteiger partial charge in [-0.05, 0) is 28.2 Å². The highest BCUT2D eigenvalue weighted by Crippen LogP contribution is 2.34. The molecule has 2 nitrogen and oxygen atoms in total. The van der Waals surface area contributed by atoms with Crippen molar-refractivity contribution in [1.82, 2.24) is 4.98 Å². The Hall–Kier alpha value is 0.0200. The molecule has 0 unspecified atom stereocenters. The summed E-state index contributed by atoms with van der Waals surface area (Å²) in [4.78, 5) is 3.77. The lowest BCUT2D eigenvalue weighted by Crippen LogP contribution is -1.97. The van der Waals surface area contributed by atoms with Gasteiger partial charge in [0.2, 0.25) is 0 Å². The third-order valence-corrected chi connectivity index (χ3v) is 2.89. The van der Waals surface area contributed by atoms with Crippen LogP contribution in [0.1, 0.15) is 17.6 Å². The highest BCUT2D eigenvalue weighted by Gasteiger charge is 2.19. The summed E-state index contributed by atoms with van der Waals surface area (Å²) >= 11 is 4.76. The van der Waals surface area contributed by atoms with E-state index in [1.165, 1.54) is 6.20 Å². The van der Waals surface area contributed by atoms with Gasteiger partial charge in [-0.1, -0.05) is 15.9 Å². The second-order valence-corrected chi connectivity index (χ2v) is 3.85. The lowest BCUT2D eigenvalue weighted by Gasteiger charge is -2.08. The number of nitrogens with zero attached hydrogens (tertiary/aromatic N) is 1. The molecule has 0 radical (unpaired) electrons. The van der Waals surface area contributed by atoms with Crippen molar-refractivity contribution >= 4 is 38.5 Å². The number of alkyl halides is 3. The predicted octanol–water partition coefficient (Wildman–Crippen LogP) is 3.22. The van der Waals surface area contributed by atoms with Crippen LogP contribution in [0.25, 0.3) is 0 Å². The second-order valence-electron chi connectivity index (χ2n) is 2.27. The van der Waals surface area contributed by atoms with Crippen molar-refractivity contribution in [2.75, 3.05) is 0 Å². The maximum atomic E-state index is 12.4. The van der Waals surface area contributed by atoms with Crippen LogP contribution in [0.3, 0.4) is 0 Å². The summed E-state index contributed by atoms with van der Waals surface area (Å²) in [7, 11) is 0. The van der Waals surface area contributed by atoms with Crippen molar-refractivity contribution in [3.63, 3.8) is 0 Å². The van der Waals surface area contributed by atoms with Gasteiger partial charge in [0.25, 0.3) is 6.43 Å². The Morgan fingerprint density at radius 2 is 2.23 bits per heavy atom. The SMILES string of the molecule is Oc1c(I)ncc(CBr)c1C(F)F. The third kappa shape index (κ3) is 2.28. The molecule has 0 atom stereocenters. The molecule has 0 aliphatic rings. The molecule has 0 saturated heterocycles. The van der Waals surface area contributed by atoms with E-state index in [1.54, 1.807) is 22.6 Å². The smallest absolute Gasteiger partial charge is 0.267 e. The normalized spacial score (nSPS) is 10.8. The first-order chi connectivity index (χ1) is 6.07. The monoisotopic (exact) mass is 363 g/mol. The summed E-state index contributed by atoms with van der Waals surface area (Å²) in [5.41, 5.74) is -0.0239. The van der Waals surface area contributed by atoms with Crippen molar-refractivity contribution in [2.24, 2.45) is 0 Å². The first-order valence-corrected chi connectivity index (χ1v) is 5.48. The zero-order valence-corrected chi connectivity index (χ0v) is 10.0. The van der Waals surface area contributed by atoms with Gasteiger partial charge in [-0.15, -0.1) is 0 Å². The number of pyridine rings is 1. The number of hydrogen-bond acceptors (Lipinski definition) is 2.